The second-order valence-electron chi connectivity index (χ2n) is 6.60. The van der Waals surface area contributed by atoms with E-state index in [1.807, 2.05) is 0 Å². The SMILES string of the molecule is COc1ccccc1/C(O)=C1\C(=O)C(=O)N(c2cccc(F)c2)C1c1ccccn1. The Morgan fingerprint density at radius 1 is 1.07 bits per heavy atom. The summed E-state index contributed by atoms with van der Waals surface area (Å²) in [4.78, 5) is 31.4. The lowest BCUT2D eigenvalue weighted by atomic mass is 9.97. The van der Waals surface area contributed by atoms with E-state index < -0.39 is 23.5 Å². The molecule has 1 aliphatic rings. The third kappa shape index (κ3) is 3.20. The highest BCUT2D eigenvalue weighted by molar-refractivity contribution is 6.51. The number of benzene rings is 2. The van der Waals surface area contributed by atoms with Gasteiger partial charge < -0.3 is 9.84 Å². The number of ether oxygens (including phenoxy) is 1. The molecule has 30 heavy (non-hydrogen) atoms. The van der Waals surface area contributed by atoms with E-state index in [2.05, 4.69) is 4.98 Å². The average Bonchev–Trinajstić information content (AvgIpc) is 3.04. The first-order chi connectivity index (χ1) is 14.5. The molecule has 0 saturated carbocycles. The van der Waals surface area contributed by atoms with Crippen LogP contribution in [0.1, 0.15) is 17.3 Å². The van der Waals surface area contributed by atoms with Crippen molar-refractivity contribution in [3.63, 3.8) is 0 Å². The van der Waals surface area contributed by atoms with Crippen LogP contribution in [0.25, 0.3) is 5.76 Å². The number of carbonyl (C=O) groups excluding carboxylic acids is 2. The molecule has 1 saturated heterocycles. The molecule has 1 aromatic heterocycles. The minimum atomic E-state index is -1.03. The number of methoxy groups -OCH3 is 1. The number of rotatable bonds is 4. The van der Waals surface area contributed by atoms with Gasteiger partial charge in [0.15, 0.2) is 0 Å². The van der Waals surface area contributed by atoms with E-state index in [1.165, 1.54) is 31.5 Å². The van der Waals surface area contributed by atoms with Crippen molar-refractivity contribution in [2.24, 2.45) is 0 Å². The van der Waals surface area contributed by atoms with Crippen LogP contribution in [-0.2, 0) is 9.59 Å². The van der Waals surface area contributed by atoms with Gasteiger partial charge in [0, 0.05) is 11.9 Å². The molecule has 2 heterocycles. The Labute approximate surface area is 171 Å². The summed E-state index contributed by atoms with van der Waals surface area (Å²) in [7, 11) is 1.44. The van der Waals surface area contributed by atoms with Crippen molar-refractivity contribution in [2.75, 3.05) is 12.0 Å². The van der Waals surface area contributed by atoms with Crippen LogP contribution in [0, 0.1) is 5.82 Å². The lowest BCUT2D eigenvalue weighted by Gasteiger charge is -2.24. The van der Waals surface area contributed by atoms with Crippen molar-refractivity contribution < 1.29 is 23.8 Å². The summed E-state index contributed by atoms with van der Waals surface area (Å²) in [5, 5.41) is 11.1. The van der Waals surface area contributed by atoms with Crippen LogP contribution in [0.3, 0.4) is 0 Å². The first kappa shape index (κ1) is 19.3. The molecule has 0 spiro atoms. The van der Waals surface area contributed by atoms with Gasteiger partial charge in [0.2, 0.25) is 0 Å². The number of pyridine rings is 1. The molecule has 1 fully saturated rings. The van der Waals surface area contributed by atoms with Crippen molar-refractivity contribution in [3.8, 4) is 5.75 Å². The van der Waals surface area contributed by atoms with E-state index in [-0.39, 0.29) is 22.6 Å². The van der Waals surface area contributed by atoms with Crippen LogP contribution in [0.15, 0.2) is 78.5 Å². The van der Waals surface area contributed by atoms with Crippen LogP contribution in [0.2, 0.25) is 0 Å². The Balaban J connectivity index is 1.97. The maximum atomic E-state index is 13.9. The fraction of sp³-hybridized carbons (Fsp3) is 0.0870. The summed E-state index contributed by atoms with van der Waals surface area (Å²) in [5.74, 6) is -2.38. The number of ketones is 1. The maximum absolute atomic E-state index is 13.9. The lowest BCUT2D eigenvalue weighted by molar-refractivity contribution is -0.132. The third-order valence-electron chi connectivity index (χ3n) is 4.86. The fourth-order valence-corrected chi connectivity index (χ4v) is 3.53. The van der Waals surface area contributed by atoms with E-state index >= 15 is 0 Å². The molecule has 150 valence electrons. The standard InChI is InChI=1S/C23H17FN2O4/c1-30-18-11-3-2-9-16(18)21(27)19-20(17-10-4-5-12-25-17)26(23(29)22(19)28)15-8-6-7-14(24)13-15/h2-13,20,27H,1H3/b21-19+. The number of halogens is 1. The highest BCUT2D eigenvalue weighted by Gasteiger charge is 2.47. The fourth-order valence-electron chi connectivity index (χ4n) is 3.53. The van der Waals surface area contributed by atoms with Gasteiger partial charge in [-0.2, -0.15) is 0 Å². The van der Waals surface area contributed by atoms with E-state index in [0.29, 0.717) is 11.4 Å². The lowest BCUT2D eigenvalue weighted by Crippen LogP contribution is -2.29. The van der Waals surface area contributed by atoms with Crippen LogP contribution >= 0.6 is 0 Å². The first-order valence-electron chi connectivity index (χ1n) is 9.14. The molecule has 0 radical (unpaired) electrons. The quantitative estimate of drug-likeness (QED) is 0.406. The summed E-state index contributed by atoms with van der Waals surface area (Å²) in [6.45, 7) is 0. The number of Topliss-reactive ketones (excluding diaryl/α,β-unsaturated/α-hetero) is 1. The second-order valence-corrected chi connectivity index (χ2v) is 6.60. The van der Waals surface area contributed by atoms with Crippen LogP contribution in [-0.4, -0.2) is 28.9 Å². The highest BCUT2D eigenvalue weighted by Crippen LogP contribution is 2.42. The molecule has 6 nitrogen and oxygen atoms in total. The van der Waals surface area contributed by atoms with Crippen LogP contribution in [0.5, 0.6) is 5.75 Å². The molecular formula is C23H17FN2O4. The summed E-state index contributed by atoms with van der Waals surface area (Å²) >= 11 is 0. The van der Waals surface area contributed by atoms with Gasteiger partial charge in [0.05, 0.1) is 23.9 Å². The maximum Gasteiger partial charge on any atom is 0.300 e. The van der Waals surface area contributed by atoms with Gasteiger partial charge in [-0.1, -0.05) is 24.3 Å². The minimum absolute atomic E-state index is 0.146. The van der Waals surface area contributed by atoms with Crippen LogP contribution < -0.4 is 9.64 Å². The van der Waals surface area contributed by atoms with Crippen molar-refractivity contribution in [1.82, 2.24) is 4.98 Å². The number of anilines is 1. The van der Waals surface area contributed by atoms with Gasteiger partial charge in [-0.05, 0) is 42.5 Å². The van der Waals surface area contributed by atoms with E-state index in [4.69, 9.17) is 4.74 Å². The third-order valence-corrected chi connectivity index (χ3v) is 4.86. The minimum Gasteiger partial charge on any atom is -0.507 e. The molecule has 1 unspecified atom stereocenters. The van der Waals surface area contributed by atoms with Gasteiger partial charge in [-0.15, -0.1) is 0 Å². The highest BCUT2D eigenvalue weighted by atomic mass is 19.1. The molecule has 4 rings (SSSR count). The number of amides is 1. The Morgan fingerprint density at radius 3 is 2.53 bits per heavy atom. The van der Waals surface area contributed by atoms with E-state index in [0.717, 1.165) is 11.0 Å². The Hall–Kier alpha value is -4.00. The summed E-state index contributed by atoms with van der Waals surface area (Å²) in [5.41, 5.74) is 0.662. The van der Waals surface area contributed by atoms with Crippen molar-refractivity contribution >= 4 is 23.1 Å². The molecular weight excluding hydrogens is 387 g/mol. The van der Waals surface area contributed by atoms with E-state index in [9.17, 15) is 19.1 Å². The van der Waals surface area contributed by atoms with Gasteiger partial charge in [0.25, 0.3) is 11.7 Å². The van der Waals surface area contributed by atoms with Crippen molar-refractivity contribution in [3.05, 3.63) is 95.6 Å². The number of nitrogens with zero attached hydrogens (tertiary/aromatic N) is 2. The molecule has 1 atom stereocenters. The van der Waals surface area contributed by atoms with Gasteiger partial charge in [-0.25, -0.2) is 4.39 Å². The van der Waals surface area contributed by atoms with Gasteiger partial charge in [-0.3, -0.25) is 19.5 Å². The van der Waals surface area contributed by atoms with Crippen molar-refractivity contribution in [1.29, 1.82) is 0 Å². The second kappa shape index (κ2) is 7.79. The predicted octanol–water partition coefficient (Wildman–Crippen LogP) is 3.86. The smallest absolute Gasteiger partial charge is 0.300 e. The van der Waals surface area contributed by atoms with Gasteiger partial charge in [0.1, 0.15) is 23.4 Å². The normalized spacial score (nSPS) is 17.9. The Kier molecular flexibility index (Phi) is 5.02. The first-order valence-corrected chi connectivity index (χ1v) is 9.14. The Bertz CT molecular complexity index is 1160. The Morgan fingerprint density at radius 2 is 1.83 bits per heavy atom. The molecule has 3 aromatic rings. The number of para-hydroxylation sites is 1. The summed E-state index contributed by atoms with van der Waals surface area (Å²) in [6, 6.07) is 16.0. The van der Waals surface area contributed by atoms with Gasteiger partial charge >= 0.3 is 0 Å². The molecule has 1 aliphatic heterocycles. The number of carbonyl (C=O) groups is 2. The van der Waals surface area contributed by atoms with Crippen molar-refractivity contribution in [2.45, 2.75) is 6.04 Å². The predicted molar refractivity (Wildman–Crippen MR) is 108 cm³/mol. The molecule has 1 amide bonds. The summed E-state index contributed by atoms with van der Waals surface area (Å²) in [6.07, 6.45) is 1.52. The van der Waals surface area contributed by atoms with E-state index in [1.54, 1.807) is 42.5 Å². The molecule has 0 bridgehead atoms. The zero-order chi connectivity index (χ0) is 21.3. The number of aromatic nitrogens is 1. The number of hydrogen-bond donors (Lipinski definition) is 1. The number of hydrogen-bond acceptors (Lipinski definition) is 5. The topological polar surface area (TPSA) is 79.7 Å². The molecule has 0 aliphatic carbocycles. The molecule has 1 N–H and O–H groups in total. The largest absolute Gasteiger partial charge is 0.507 e. The number of aliphatic hydroxyl groups excluding tert-OH is 1. The van der Waals surface area contributed by atoms with Crippen LogP contribution in [0.4, 0.5) is 10.1 Å². The molecule has 7 heteroatoms. The summed E-state index contributed by atoms with van der Waals surface area (Å²) < 4.78 is 19.2. The monoisotopic (exact) mass is 404 g/mol. The zero-order valence-electron chi connectivity index (χ0n) is 15.9. The number of aliphatic hydroxyl groups is 1. The molecule has 2 aromatic carbocycles. The zero-order valence-corrected chi connectivity index (χ0v) is 15.9. The average molecular weight is 404 g/mol.